The van der Waals surface area contributed by atoms with Crippen molar-refractivity contribution in [2.75, 3.05) is 5.32 Å². The number of amides is 1. The van der Waals surface area contributed by atoms with Crippen LogP contribution in [-0.4, -0.2) is 10.9 Å². The van der Waals surface area contributed by atoms with Crippen LogP contribution in [0.15, 0.2) is 41.0 Å². The number of halogens is 3. The SMILES string of the molecule is O=C(Nc1c(F)cccc1F)c1ccc(Br)cn1. The molecule has 1 N–H and O–H groups in total. The number of benzene rings is 1. The Hall–Kier alpha value is -1.82. The molecule has 1 heterocycles. The van der Waals surface area contributed by atoms with Crippen molar-refractivity contribution in [1.29, 1.82) is 0 Å². The fraction of sp³-hybridized carbons (Fsp3) is 0. The molecule has 0 aliphatic heterocycles. The van der Waals surface area contributed by atoms with Gasteiger partial charge < -0.3 is 5.32 Å². The maximum absolute atomic E-state index is 13.3. The smallest absolute Gasteiger partial charge is 0.274 e. The summed E-state index contributed by atoms with van der Waals surface area (Å²) >= 11 is 3.17. The number of hydrogen-bond donors (Lipinski definition) is 1. The number of anilines is 1. The number of carbonyl (C=O) groups is 1. The Morgan fingerprint density at radius 3 is 2.39 bits per heavy atom. The molecular formula is C12H7BrF2N2O. The highest BCUT2D eigenvalue weighted by atomic mass is 79.9. The molecule has 2 aromatic rings. The first-order valence-electron chi connectivity index (χ1n) is 4.95. The van der Waals surface area contributed by atoms with E-state index in [9.17, 15) is 13.6 Å². The van der Waals surface area contributed by atoms with Gasteiger partial charge in [0.1, 0.15) is 23.0 Å². The molecule has 6 heteroatoms. The van der Waals surface area contributed by atoms with Gasteiger partial charge in [0.05, 0.1) is 0 Å². The van der Waals surface area contributed by atoms with Crippen molar-refractivity contribution in [2.45, 2.75) is 0 Å². The molecule has 1 amide bonds. The van der Waals surface area contributed by atoms with Crippen LogP contribution in [0.4, 0.5) is 14.5 Å². The van der Waals surface area contributed by atoms with Crippen molar-refractivity contribution in [2.24, 2.45) is 0 Å². The number of carbonyl (C=O) groups excluding carboxylic acids is 1. The van der Waals surface area contributed by atoms with E-state index in [0.29, 0.717) is 4.47 Å². The molecule has 0 bridgehead atoms. The monoisotopic (exact) mass is 312 g/mol. The summed E-state index contributed by atoms with van der Waals surface area (Å²) in [6.07, 6.45) is 1.42. The van der Waals surface area contributed by atoms with Gasteiger partial charge in [-0.2, -0.15) is 0 Å². The van der Waals surface area contributed by atoms with Gasteiger partial charge >= 0.3 is 0 Å². The van der Waals surface area contributed by atoms with Gasteiger partial charge in [-0.15, -0.1) is 0 Å². The Bertz CT molecular complexity index is 567. The number of hydrogen-bond acceptors (Lipinski definition) is 2. The van der Waals surface area contributed by atoms with Crippen molar-refractivity contribution in [3.63, 3.8) is 0 Å². The van der Waals surface area contributed by atoms with Crippen molar-refractivity contribution >= 4 is 27.5 Å². The van der Waals surface area contributed by atoms with E-state index in [4.69, 9.17) is 0 Å². The Balaban J connectivity index is 2.24. The van der Waals surface area contributed by atoms with Gasteiger partial charge in [0.25, 0.3) is 5.91 Å². The molecule has 0 radical (unpaired) electrons. The number of aromatic nitrogens is 1. The molecule has 0 unspecified atom stereocenters. The predicted molar refractivity (Wildman–Crippen MR) is 66.2 cm³/mol. The number of nitrogens with one attached hydrogen (secondary N) is 1. The van der Waals surface area contributed by atoms with Crippen LogP contribution in [0.1, 0.15) is 10.5 Å². The van der Waals surface area contributed by atoms with Crippen molar-refractivity contribution in [1.82, 2.24) is 4.98 Å². The minimum absolute atomic E-state index is 0.0702. The molecule has 3 nitrogen and oxygen atoms in total. The van der Waals surface area contributed by atoms with Gasteiger partial charge in [-0.1, -0.05) is 6.07 Å². The lowest BCUT2D eigenvalue weighted by Crippen LogP contribution is -2.15. The van der Waals surface area contributed by atoms with Crippen LogP contribution in [0.3, 0.4) is 0 Å². The van der Waals surface area contributed by atoms with Crippen LogP contribution in [0.2, 0.25) is 0 Å². The minimum atomic E-state index is -0.833. The molecule has 0 aliphatic carbocycles. The van der Waals surface area contributed by atoms with Gasteiger partial charge in [-0.25, -0.2) is 13.8 Å². The van der Waals surface area contributed by atoms with Gasteiger partial charge in [0, 0.05) is 10.7 Å². The molecule has 0 aliphatic rings. The highest BCUT2D eigenvalue weighted by Crippen LogP contribution is 2.18. The summed E-state index contributed by atoms with van der Waals surface area (Å²) in [4.78, 5) is 15.5. The van der Waals surface area contributed by atoms with E-state index in [1.807, 2.05) is 0 Å². The zero-order valence-corrected chi connectivity index (χ0v) is 10.5. The quantitative estimate of drug-likeness (QED) is 0.923. The molecule has 2 rings (SSSR count). The van der Waals surface area contributed by atoms with Crippen LogP contribution < -0.4 is 5.32 Å². The molecule has 1 aromatic heterocycles. The third kappa shape index (κ3) is 2.70. The van der Waals surface area contributed by atoms with Crippen LogP contribution >= 0.6 is 15.9 Å². The van der Waals surface area contributed by atoms with Crippen LogP contribution in [0.5, 0.6) is 0 Å². The van der Waals surface area contributed by atoms with Gasteiger partial charge in [0.15, 0.2) is 0 Å². The van der Waals surface area contributed by atoms with E-state index >= 15 is 0 Å². The molecule has 0 fully saturated rings. The summed E-state index contributed by atoms with van der Waals surface area (Å²) in [5, 5.41) is 2.15. The second kappa shape index (κ2) is 5.22. The highest BCUT2D eigenvalue weighted by molar-refractivity contribution is 9.10. The number of pyridine rings is 1. The number of rotatable bonds is 2. The van der Waals surface area contributed by atoms with E-state index in [0.717, 1.165) is 12.1 Å². The minimum Gasteiger partial charge on any atom is -0.316 e. The van der Waals surface area contributed by atoms with Crippen molar-refractivity contribution in [3.05, 3.63) is 58.3 Å². The molecule has 0 spiro atoms. The number of para-hydroxylation sites is 1. The van der Waals surface area contributed by atoms with E-state index in [1.165, 1.54) is 18.3 Å². The van der Waals surface area contributed by atoms with E-state index < -0.39 is 23.2 Å². The lowest BCUT2D eigenvalue weighted by molar-refractivity contribution is 0.102. The van der Waals surface area contributed by atoms with Crippen LogP contribution in [-0.2, 0) is 0 Å². The first kappa shape index (κ1) is 12.6. The third-order valence-corrected chi connectivity index (χ3v) is 2.63. The maximum atomic E-state index is 13.3. The largest absolute Gasteiger partial charge is 0.316 e. The van der Waals surface area contributed by atoms with Crippen LogP contribution in [0.25, 0.3) is 0 Å². The molecule has 1 aromatic carbocycles. The molecule has 0 atom stereocenters. The molecule has 92 valence electrons. The lowest BCUT2D eigenvalue weighted by Gasteiger charge is -2.06. The second-order valence-corrected chi connectivity index (χ2v) is 4.33. The Morgan fingerprint density at radius 1 is 1.17 bits per heavy atom. The summed E-state index contributed by atoms with van der Waals surface area (Å²) in [5.74, 6) is -2.34. The average Bonchev–Trinajstić information content (AvgIpc) is 2.34. The topological polar surface area (TPSA) is 42.0 Å². The summed E-state index contributed by atoms with van der Waals surface area (Å²) in [7, 11) is 0. The normalized spacial score (nSPS) is 10.2. The Kier molecular flexibility index (Phi) is 3.66. The first-order chi connectivity index (χ1) is 8.58. The standard InChI is InChI=1S/C12H7BrF2N2O/c13-7-4-5-10(16-6-7)12(18)17-11-8(14)2-1-3-9(11)15/h1-6H,(H,17,18). The average molecular weight is 313 g/mol. The van der Waals surface area contributed by atoms with Gasteiger partial charge in [-0.3, -0.25) is 4.79 Å². The van der Waals surface area contributed by atoms with E-state index in [2.05, 4.69) is 26.2 Å². The third-order valence-electron chi connectivity index (χ3n) is 2.16. The lowest BCUT2D eigenvalue weighted by atomic mass is 10.2. The zero-order valence-electron chi connectivity index (χ0n) is 8.95. The van der Waals surface area contributed by atoms with Crippen molar-refractivity contribution < 1.29 is 13.6 Å². The van der Waals surface area contributed by atoms with Crippen molar-refractivity contribution in [3.8, 4) is 0 Å². The van der Waals surface area contributed by atoms with Crippen LogP contribution in [0, 0.1) is 11.6 Å². The first-order valence-corrected chi connectivity index (χ1v) is 5.74. The molecule has 18 heavy (non-hydrogen) atoms. The van der Waals surface area contributed by atoms with E-state index in [-0.39, 0.29) is 5.69 Å². The number of nitrogens with zero attached hydrogens (tertiary/aromatic N) is 1. The molecular weight excluding hydrogens is 306 g/mol. The summed E-state index contributed by atoms with van der Waals surface area (Å²) < 4.78 is 27.3. The molecule has 0 saturated carbocycles. The fourth-order valence-electron chi connectivity index (χ4n) is 1.30. The predicted octanol–water partition coefficient (Wildman–Crippen LogP) is 3.37. The van der Waals surface area contributed by atoms with Gasteiger partial charge in [0.2, 0.25) is 0 Å². The van der Waals surface area contributed by atoms with Gasteiger partial charge in [-0.05, 0) is 40.2 Å². The summed E-state index contributed by atoms with van der Waals surface area (Å²) in [6.45, 7) is 0. The maximum Gasteiger partial charge on any atom is 0.274 e. The Morgan fingerprint density at radius 2 is 1.83 bits per heavy atom. The zero-order chi connectivity index (χ0) is 13.1. The van der Waals surface area contributed by atoms with E-state index in [1.54, 1.807) is 6.07 Å². The fourth-order valence-corrected chi connectivity index (χ4v) is 1.54. The highest BCUT2D eigenvalue weighted by Gasteiger charge is 2.13. The molecule has 0 saturated heterocycles. The second-order valence-electron chi connectivity index (χ2n) is 3.41. The summed E-state index contributed by atoms with van der Waals surface area (Å²) in [5.41, 5.74) is -0.409. The Labute approximate surface area is 110 Å². The summed E-state index contributed by atoms with van der Waals surface area (Å²) in [6, 6.07) is 6.40.